The van der Waals surface area contributed by atoms with Crippen LogP contribution < -0.4 is 20.7 Å². The molecule has 1 amide bonds. The molecule has 0 atom stereocenters. The van der Waals surface area contributed by atoms with Crippen molar-refractivity contribution in [1.29, 1.82) is 0 Å². The first-order valence-corrected chi connectivity index (χ1v) is 11.2. The van der Waals surface area contributed by atoms with Crippen LogP contribution >= 0.6 is 0 Å². The number of nitrogens with zero attached hydrogens (tertiary/aromatic N) is 4. The maximum atomic E-state index is 13.0. The van der Waals surface area contributed by atoms with E-state index in [1.807, 2.05) is 6.07 Å². The Morgan fingerprint density at radius 2 is 1.97 bits per heavy atom. The number of amides is 1. The van der Waals surface area contributed by atoms with Crippen molar-refractivity contribution in [3.05, 3.63) is 78.4 Å². The number of anilines is 4. The van der Waals surface area contributed by atoms with E-state index in [1.165, 1.54) is 12.4 Å². The molecular weight excluding hydrogens is 449 g/mol. The van der Waals surface area contributed by atoms with Crippen LogP contribution in [0.5, 0.6) is 5.75 Å². The van der Waals surface area contributed by atoms with Crippen molar-refractivity contribution in [3.8, 4) is 11.6 Å². The molecule has 2 aromatic heterocycles. The minimum atomic E-state index is -0.633. The molecule has 4 aromatic rings. The summed E-state index contributed by atoms with van der Waals surface area (Å²) < 4.78 is 20.2. The summed E-state index contributed by atoms with van der Waals surface area (Å²) in [5.41, 5.74) is 1.97. The second kappa shape index (κ2) is 9.80. The number of carbonyl (C=O) groups is 1. The average molecular weight is 474 g/mol. The lowest BCUT2D eigenvalue weighted by molar-refractivity contribution is 0.102. The van der Waals surface area contributed by atoms with Gasteiger partial charge in [0.2, 0.25) is 5.95 Å². The lowest BCUT2D eigenvalue weighted by Crippen LogP contribution is -2.12. The van der Waals surface area contributed by atoms with Crippen LogP contribution in [0.4, 0.5) is 27.5 Å². The normalized spacial score (nSPS) is 12.7. The van der Waals surface area contributed by atoms with Crippen LogP contribution in [0.25, 0.3) is 5.82 Å². The molecule has 9 nitrogen and oxygen atoms in total. The van der Waals surface area contributed by atoms with Gasteiger partial charge in [-0.1, -0.05) is 12.1 Å². The van der Waals surface area contributed by atoms with Crippen LogP contribution in [0.15, 0.2) is 67.3 Å². The molecule has 1 fully saturated rings. The number of benzene rings is 2. The molecule has 0 spiro atoms. The van der Waals surface area contributed by atoms with E-state index < -0.39 is 6.67 Å². The molecule has 35 heavy (non-hydrogen) atoms. The highest BCUT2D eigenvalue weighted by molar-refractivity contribution is 6.04. The van der Waals surface area contributed by atoms with Crippen LogP contribution in [0.3, 0.4) is 0 Å². The molecule has 0 aliphatic heterocycles. The van der Waals surface area contributed by atoms with Gasteiger partial charge in [-0.25, -0.2) is 19.3 Å². The molecule has 178 valence electrons. The fourth-order valence-electron chi connectivity index (χ4n) is 3.56. The fourth-order valence-corrected chi connectivity index (χ4v) is 3.56. The summed E-state index contributed by atoms with van der Waals surface area (Å²) in [6.07, 6.45) is 7.27. The Bertz CT molecular complexity index is 1350. The Kier molecular flexibility index (Phi) is 6.25. The highest BCUT2D eigenvalue weighted by Gasteiger charge is 2.21. The summed E-state index contributed by atoms with van der Waals surface area (Å²) in [5.74, 6) is 2.14. The zero-order valence-electron chi connectivity index (χ0n) is 19.0. The zero-order chi connectivity index (χ0) is 24.2. The summed E-state index contributed by atoms with van der Waals surface area (Å²) in [5, 5.41) is 9.47. The molecule has 3 N–H and O–H groups in total. The molecule has 0 radical (unpaired) electrons. The Morgan fingerprint density at radius 1 is 1.11 bits per heavy atom. The van der Waals surface area contributed by atoms with Crippen molar-refractivity contribution < 1.29 is 13.9 Å². The third-order valence-corrected chi connectivity index (χ3v) is 5.47. The van der Waals surface area contributed by atoms with E-state index in [9.17, 15) is 9.18 Å². The van der Waals surface area contributed by atoms with Gasteiger partial charge in [0.15, 0.2) is 0 Å². The maximum absolute atomic E-state index is 13.0. The molecule has 5 rings (SSSR count). The molecule has 0 unspecified atom stereocenters. The first kappa shape index (κ1) is 22.3. The minimum absolute atomic E-state index is 0.349. The monoisotopic (exact) mass is 473 g/mol. The van der Waals surface area contributed by atoms with Crippen molar-refractivity contribution in [3.63, 3.8) is 0 Å². The van der Waals surface area contributed by atoms with Gasteiger partial charge in [-0.2, -0.15) is 0 Å². The van der Waals surface area contributed by atoms with Gasteiger partial charge in [-0.3, -0.25) is 9.36 Å². The van der Waals surface area contributed by atoms with Gasteiger partial charge in [0, 0.05) is 53.6 Å². The van der Waals surface area contributed by atoms with E-state index in [4.69, 9.17) is 4.74 Å². The average Bonchev–Trinajstić information content (AvgIpc) is 3.58. The maximum Gasteiger partial charge on any atom is 0.255 e. The van der Waals surface area contributed by atoms with E-state index >= 15 is 0 Å². The van der Waals surface area contributed by atoms with E-state index in [0.717, 1.165) is 18.7 Å². The van der Waals surface area contributed by atoms with Gasteiger partial charge in [0.25, 0.3) is 5.91 Å². The number of carbonyl (C=O) groups excluding carboxylic acids is 1. The second-order valence-corrected chi connectivity index (χ2v) is 8.16. The topological polar surface area (TPSA) is 106 Å². The minimum Gasteiger partial charge on any atom is -0.497 e. The zero-order valence-corrected chi connectivity index (χ0v) is 19.0. The number of ether oxygens (including phenoxy) is 1. The summed E-state index contributed by atoms with van der Waals surface area (Å²) >= 11 is 0. The van der Waals surface area contributed by atoms with Crippen molar-refractivity contribution in [2.24, 2.45) is 0 Å². The van der Waals surface area contributed by atoms with Gasteiger partial charge in [-0.15, -0.1) is 0 Å². The largest absolute Gasteiger partial charge is 0.497 e. The number of halogens is 1. The molecule has 2 heterocycles. The predicted molar refractivity (Wildman–Crippen MR) is 131 cm³/mol. The lowest BCUT2D eigenvalue weighted by atomic mass is 10.1. The van der Waals surface area contributed by atoms with Crippen LogP contribution in [0, 0.1) is 0 Å². The van der Waals surface area contributed by atoms with Crippen molar-refractivity contribution in [2.45, 2.75) is 25.6 Å². The summed E-state index contributed by atoms with van der Waals surface area (Å²) in [6.45, 7) is -0.633. The Labute approximate surface area is 201 Å². The van der Waals surface area contributed by atoms with E-state index in [2.05, 4.69) is 30.9 Å². The lowest BCUT2D eigenvalue weighted by Gasteiger charge is -2.13. The van der Waals surface area contributed by atoms with E-state index in [0.29, 0.717) is 46.1 Å². The first-order chi connectivity index (χ1) is 17.1. The molecule has 2 aromatic carbocycles. The van der Waals surface area contributed by atoms with E-state index in [-0.39, 0.29) is 5.91 Å². The predicted octanol–water partition coefficient (Wildman–Crippen LogP) is 4.71. The molecule has 10 heteroatoms. The number of hydrogen-bond acceptors (Lipinski definition) is 7. The molecule has 0 bridgehead atoms. The first-order valence-electron chi connectivity index (χ1n) is 11.2. The fraction of sp³-hybridized carbons (Fsp3) is 0.200. The molecular formula is C25H24FN7O2. The Hall–Kier alpha value is -4.47. The molecule has 1 aliphatic carbocycles. The van der Waals surface area contributed by atoms with Crippen molar-refractivity contribution in [2.75, 3.05) is 23.1 Å². The van der Waals surface area contributed by atoms with Gasteiger partial charge >= 0.3 is 0 Å². The number of rotatable bonds is 9. The van der Waals surface area contributed by atoms with Crippen LogP contribution in [0.2, 0.25) is 0 Å². The number of aromatic nitrogens is 4. The number of imidazole rings is 1. The smallest absolute Gasteiger partial charge is 0.255 e. The summed E-state index contributed by atoms with van der Waals surface area (Å²) in [6, 6.07) is 14.1. The van der Waals surface area contributed by atoms with Gasteiger partial charge in [0.05, 0.1) is 7.11 Å². The van der Waals surface area contributed by atoms with Gasteiger partial charge < -0.3 is 20.7 Å². The van der Waals surface area contributed by atoms with Crippen molar-refractivity contribution >= 4 is 29.0 Å². The highest BCUT2D eigenvalue weighted by atomic mass is 19.1. The highest BCUT2D eigenvalue weighted by Crippen LogP contribution is 2.28. The Morgan fingerprint density at radius 3 is 2.77 bits per heavy atom. The van der Waals surface area contributed by atoms with Crippen LogP contribution in [-0.4, -0.2) is 38.6 Å². The number of alkyl halides is 1. The summed E-state index contributed by atoms with van der Waals surface area (Å²) in [7, 11) is 1.55. The number of nitrogens with one attached hydrogen (secondary N) is 3. The standard InChI is InChI=1S/C25H24FN7O2/c1-35-21-11-19(31-24(34)17-4-2-3-16(9-17)14-26)10-20(12-21)32-25-27-7-8-33(25)23-13-22(28-15-29-23)30-18-5-6-18/h2-4,7-13,15,18H,5-6,14H2,1H3,(H,27,32)(H,31,34)(H,28,29,30). The molecule has 1 aliphatic rings. The van der Waals surface area contributed by atoms with Gasteiger partial charge in [0.1, 0.15) is 30.4 Å². The van der Waals surface area contributed by atoms with Crippen LogP contribution in [-0.2, 0) is 6.67 Å². The van der Waals surface area contributed by atoms with Crippen LogP contribution in [0.1, 0.15) is 28.8 Å². The summed E-state index contributed by atoms with van der Waals surface area (Å²) in [4.78, 5) is 25.8. The number of methoxy groups -OCH3 is 1. The molecule has 1 saturated carbocycles. The van der Waals surface area contributed by atoms with Gasteiger partial charge in [-0.05, 0) is 36.6 Å². The van der Waals surface area contributed by atoms with Crippen molar-refractivity contribution in [1.82, 2.24) is 19.5 Å². The van der Waals surface area contributed by atoms with E-state index in [1.54, 1.807) is 60.5 Å². The quantitative estimate of drug-likeness (QED) is 0.323. The molecule has 0 saturated heterocycles. The third kappa shape index (κ3) is 5.37. The third-order valence-electron chi connectivity index (χ3n) is 5.47. The number of hydrogen-bond donors (Lipinski definition) is 3. The SMILES string of the molecule is COc1cc(NC(=O)c2cccc(CF)c2)cc(Nc2nccn2-c2cc(NC3CC3)ncn2)c1. The Balaban J connectivity index is 1.37. The second-order valence-electron chi connectivity index (χ2n) is 8.16.